The number of methoxy groups -OCH3 is 1. The lowest BCUT2D eigenvalue weighted by Crippen LogP contribution is -2.27. The Morgan fingerprint density at radius 1 is 1.43 bits per heavy atom. The Kier molecular flexibility index (Phi) is 5.52. The lowest BCUT2D eigenvalue weighted by molar-refractivity contribution is -0.384. The number of carbonyl (C=O) groups excluding carboxylic acids is 2. The summed E-state index contributed by atoms with van der Waals surface area (Å²) in [5.41, 5.74) is -0.0885. The summed E-state index contributed by atoms with van der Waals surface area (Å²) in [5.74, 6) is -1.61. The second-order valence-electron chi connectivity index (χ2n) is 3.78. The molecule has 0 amide bonds. The standard InChI is InChI=1S/C11H10BN3O6/c1-6(16)10(11(17)21-12)14-13-8-4-3-7(15(18)19)5-9(8)20-2/h3-5,10H,1-2H3. The minimum atomic E-state index is -1.50. The summed E-state index contributed by atoms with van der Waals surface area (Å²) < 4.78 is 8.87. The molecule has 1 rings (SSSR count). The van der Waals surface area contributed by atoms with Gasteiger partial charge in [0.25, 0.3) is 5.69 Å². The molecule has 0 saturated carbocycles. The van der Waals surface area contributed by atoms with Gasteiger partial charge in [-0.2, -0.15) is 10.2 Å². The third kappa shape index (κ3) is 4.10. The van der Waals surface area contributed by atoms with Crippen molar-refractivity contribution in [2.75, 3.05) is 7.11 Å². The highest BCUT2D eigenvalue weighted by molar-refractivity contribution is 6.11. The van der Waals surface area contributed by atoms with Crippen molar-refractivity contribution >= 4 is 31.2 Å². The van der Waals surface area contributed by atoms with Gasteiger partial charge in [0, 0.05) is 6.07 Å². The van der Waals surface area contributed by atoms with Crippen LogP contribution in [0.2, 0.25) is 0 Å². The number of hydrogen-bond donors (Lipinski definition) is 0. The Morgan fingerprint density at radius 3 is 2.57 bits per heavy atom. The van der Waals surface area contributed by atoms with Crippen molar-refractivity contribution in [3.05, 3.63) is 28.3 Å². The number of nitro benzene ring substituents is 1. The molecule has 21 heavy (non-hydrogen) atoms. The Hall–Kier alpha value is -2.78. The van der Waals surface area contributed by atoms with Crippen molar-refractivity contribution in [1.82, 2.24) is 0 Å². The second kappa shape index (κ2) is 7.13. The van der Waals surface area contributed by atoms with Gasteiger partial charge in [0.05, 0.1) is 18.1 Å². The third-order valence-corrected chi connectivity index (χ3v) is 2.38. The van der Waals surface area contributed by atoms with Crippen LogP contribution in [-0.4, -0.2) is 37.9 Å². The van der Waals surface area contributed by atoms with Crippen molar-refractivity contribution in [3.8, 4) is 5.75 Å². The van der Waals surface area contributed by atoms with E-state index in [1.165, 1.54) is 19.2 Å². The van der Waals surface area contributed by atoms with Gasteiger partial charge in [-0.05, 0) is 13.0 Å². The van der Waals surface area contributed by atoms with Crippen LogP contribution in [0.1, 0.15) is 6.92 Å². The Morgan fingerprint density at radius 2 is 2.10 bits per heavy atom. The fourth-order valence-corrected chi connectivity index (χ4v) is 1.34. The van der Waals surface area contributed by atoms with Crippen LogP contribution in [0.5, 0.6) is 5.75 Å². The number of rotatable bonds is 6. The van der Waals surface area contributed by atoms with Gasteiger partial charge in [-0.25, -0.2) is 0 Å². The molecule has 0 bridgehead atoms. The first-order valence-electron chi connectivity index (χ1n) is 5.55. The quantitative estimate of drug-likeness (QED) is 0.256. The average molecular weight is 291 g/mol. The molecule has 0 aromatic heterocycles. The lowest BCUT2D eigenvalue weighted by Gasteiger charge is -2.06. The Labute approximate surface area is 120 Å². The topological polar surface area (TPSA) is 120 Å². The number of ketones is 1. The van der Waals surface area contributed by atoms with Gasteiger partial charge in [0.15, 0.2) is 11.5 Å². The maximum atomic E-state index is 11.2. The van der Waals surface area contributed by atoms with Crippen LogP contribution in [-0.2, 0) is 14.2 Å². The molecule has 0 spiro atoms. The largest absolute Gasteiger partial charge is 0.541 e. The van der Waals surface area contributed by atoms with Gasteiger partial charge in [0.1, 0.15) is 5.69 Å². The summed E-state index contributed by atoms with van der Waals surface area (Å²) in [6, 6.07) is 2.08. The third-order valence-electron chi connectivity index (χ3n) is 2.38. The first-order valence-corrected chi connectivity index (χ1v) is 5.55. The molecule has 0 aliphatic carbocycles. The van der Waals surface area contributed by atoms with Gasteiger partial charge in [-0.1, -0.05) is 0 Å². The fraction of sp³-hybridized carbons (Fsp3) is 0.273. The van der Waals surface area contributed by atoms with Crippen LogP contribution in [0.25, 0.3) is 0 Å². The zero-order valence-corrected chi connectivity index (χ0v) is 11.2. The van der Waals surface area contributed by atoms with E-state index < -0.39 is 22.7 Å². The molecule has 1 aromatic carbocycles. The molecule has 0 saturated heterocycles. The number of nitrogens with zero attached hydrogens (tertiary/aromatic N) is 3. The highest BCUT2D eigenvalue weighted by Gasteiger charge is 2.23. The zero-order chi connectivity index (χ0) is 16.0. The number of ether oxygens (including phenoxy) is 1. The number of Topliss-reactive ketones (excluding diaryl/α,β-unsaturated/α-hetero) is 1. The van der Waals surface area contributed by atoms with Crippen molar-refractivity contribution in [3.63, 3.8) is 0 Å². The fourth-order valence-electron chi connectivity index (χ4n) is 1.34. The van der Waals surface area contributed by atoms with E-state index in [1.807, 2.05) is 0 Å². The molecule has 9 nitrogen and oxygen atoms in total. The van der Waals surface area contributed by atoms with Gasteiger partial charge < -0.3 is 9.39 Å². The molecule has 1 aromatic rings. The first kappa shape index (κ1) is 16.3. The van der Waals surface area contributed by atoms with E-state index in [1.54, 1.807) is 0 Å². The van der Waals surface area contributed by atoms with E-state index in [0.717, 1.165) is 13.0 Å². The van der Waals surface area contributed by atoms with Crippen molar-refractivity contribution in [2.45, 2.75) is 13.0 Å². The predicted octanol–water partition coefficient (Wildman–Crippen LogP) is 1.27. The van der Waals surface area contributed by atoms with Crippen molar-refractivity contribution in [1.29, 1.82) is 0 Å². The van der Waals surface area contributed by atoms with Crippen LogP contribution in [0.4, 0.5) is 11.4 Å². The Bertz CT molecular complexity index is 604. The van der Waals surface area contributed by atoms with Gasteiger partial charge in [-0.15, -0.1) is 0 Å². The van der Waals surface area contributed by atoms with Crippen LogP contribution in [0.15, 0.2) is 28.4 Å². The minimum absolute atomic E-state index is 0.0661. The van der Waals surface area contributed by atoms with E-state index in [2.05, 4.69) is 22.9 Å². The molecule has 108 valence electrons. The first-order chi connectivity index (χ1) is 9.90. The van der Waals surface area contributed by atoms with Crippen LogP contribution >= 0.6 is 0 Å². The summed E-state index contributed by atoms with van der Waals surface area (Å²) in [7, 11) is 5.97. The highest BCUT2D eigenvalue weighted by Crippen LogP contribution is 2.31. The van der Waals surface area contributed by atoms with Crippen molar-refractivity contribution < 1.29 is 23.9 Å². The molecule has 10 heteroatoms. The second-order valence-corrected chi connectivity index (χ2v) is 3.78. The molecule has 0 heterocycles. The maximum Gasteiger partial charge on any atom is 0.378 e. The molecule has 0 N–H and O–H groups in total. The number of benzene rings is 1. The minimum Gasteiger partial charge on any atom is -0.541 e. The van der Waals surface area contributed by atoms with Crippen molar-refractivity contribution in [2.24, 2.45) is 10.2 Å². The summed E-state index contributed by atoms with van der Waals surface area (Å²) in [4.78, 5) is 32.5. The van der Waals surface area contributed by atoms with E-state index in [4.69, 9.17) is 4.74 Å². The molecule has 0 aliphatic heterocycles. The van der Waals surface area contributed by atoms with E-state index in [0.29, 0.717) is 0 Å². The van der Waals surface area contributed by atoms with Crippen LogP contribution in [0.3, 0.4) is 0 Å². The number of non-ortho nitro benzene ring substituents is 1. The zero-order valence-electron chi connectivity index (χ0n) is 11.2. The summed E-state index contributed by atoms with van der Waals surface area (Å²) in [6.45, 7) is 1.12. The van der Waals surface area contributed by atoms with Gasteiger partial charge in [0.2, 0.25) is 6.04 Å². The molecule has 1 unspecified atom stereocenters. The summed E-state index contributed by atoms with van der Waals surface area (Å²) in [6.07, 6.45) is 0. The molecule has 0 fully saturated rings. The predicted molar refractivity (Wildman–Crippen MR) is 70.5 cm³/mol. The smallest absolute Gasteiger partial charge is 0.378 e. The van der Waals surface area contributed by atoms with Crippen LogP contribution < -0.4 is 4.74 Å². The monoisotopic (exact) mass is 291 g/mol. The lowest BCUT2D eigenvalue weighted by atomic mass is 10.2. The average Bonchev–Trinajstić information content (AvgIpc) is 2.46. The molecular formula is C11H10BN3O6. The number of nitro groups is 1. The molecular weight excluding hydrogens is 281 g/mol. The number of hydrogen-bond acceptors (Lipinski definition) is 8. The highest BCUT2D eigenvalue weighted by atomic mass is 16.6. The summed E-state index contributed by atoms with van der Waals surface area (Å²) in [5, 5.41) is 17.8. The van der Waals surface area contributed by atoms with Gasteiger partial charge >= 0.3 is 14.0 Å². The SMILES string of the molecule is [B]OC(=O)C(N=Nc1ccc([N+](=O)[O-])cc1OC)C(C)=O. The van der Waals surface area contributed by atoms with Gasteiger partial charge in [-0.3, -0.25) is 19.7 Å². The molecule has 0 aliphatic rings. The van der Waals surface area contributed by atoms with E-state index in [-0.39, 0.29) is 17.1 Å². The molecule has 1 atom stereocenters. The number of carbonyl (C=O) groups is 2. The van der Waals surface area contributed by atoms with E-state index in [9.17, 15) is 19.7 Å². The summed E-state index contributed by atoms with van der Waals surface area (Å²) >= 11 is 0. The maximum absolute atomic E-state index is 11.2. The van der Waals surface area contributed by atoms with Crippen LogP contribution in [0, 0.1) is 10.1 Å². The molecule has 2 radical (unpaired) electrons. The Balaban J connectivity index is 3.11. The number of azo groups is 1. The normalized spacial score (nSPS) is 11.9. The van der Waals surface area contributed by atoms with E-state index >= 15 is 0 Å².